The van der Waals surface area contributed by atoms with Crippen LogP contribution < -0.4 is 10.1 Å². The minimum atomic E-state index is -0.267. The highest BCUT2D eigenvalue weighted by Gasteiger charge is 2.15. The van der Waals surface area contributed by atoms with Crippen LogP contribution in [0.25, 0.3) is 0 Å². The first-order valence-corrected chi connectivity index (χ1v) is 7.50. The minimum absolute atomic E-state index is 0.00686. The van der Waals surface area contributed by atoms with E-state index in [0.717, 1.165) is 21.4 Å². The third kappa shape index (κ3) is 3.44. The second kappa shape index (κ2) is 6.58. The Morgan fingerprint density at radius 3 is 2.76 bits per heavy atom. The molecular weight excluding hydrogens is 337 g/mol. The largest absolute Gasteiger partial charge is 0.487 e. The average molecular weight is 356 g/mol. The van der Waals surface area contributed by atoms with Crippen LogP contribution in [0, 0.1) is 12.7 Å². The van der Waals surface area contributed by atoms with Crippen molar-refractivity contribution in [2.24, 2.45) is 7.05 Å². The maximum atomic E-state index is 13.4. The molecule has 2 rings (SSSR count). The molecule has 21 heavy (non-hydrogen) atoms. The molecule has 1 atom stereocenters. The zero-order valence-electron chi connectivity index (χ0n) is 12.6. The highest BCUT2D eigenvalue weighted by atomic mass is 79.9. The molecule has 0 radical (unpaired) electrons. The predicted octanol–water partition coefficient (Wildman–Crippen LogP) is 3.49. The smallest absolute Gasteiger partial charge is 0.131 e. The van der Waals surface area contributed by atoms with E-state index in [2.05, 4.69) is 26.3 Å². The highest BCUT2D eigenvalue weighted by Crippen LogP contribution is 2.28. The summed E-state index contributed by atoms with van der Waals surface area (Å²) >= 11 is 3.51. The first-order chi connectivity index (χ1) is 9.93. The molecule has 1 aromatic carbocycles. The molecule has 6 heteroatoms. The monoisotopic (exact) mass is 355 g/mol. The lowest BCUT2D eigenvalue weighted by Gasteiger charge is -2.17. The van der Waals surface area contributed by atoms with Crippen LogP contribution in [0.1, 0.15) is 29.9 Å². The van der Waals surface area contributed by atoms with E-state index in [9.17, 15) is 4.39 Å². The fraction of sp³-hybridized carbons (Fsp3) is 0.400. The molecule has 1 aromatic heterocycles. The Morgan fingerprint density at radius 2 is 2.19 bits per heavy atom. The van der Waals surface area contributed by atoms with Crippen molar-refractivity contribution in [3.8, 4) is 5.75 Å². The van der Waals surface area contributed by atoms with Crippen molar-refractivity contribution < 1.29 is 9.13 Å². The van der Waals surface area contributed by atoms with E-state index in [1.807, 2.05) is 27.9 Å². The summed E-state index contributed by atoms with van der Waals surface area (Å²) in [6, 6.07) is 4.58. The van der Waals surface area contributed by atoms with E-state index >= 15 is 0 Å². The van der Waals surface area contributed by atoms with Gasteiger partial charge in [0.15, 0.2) is 0 Å². The molecule has 4 nitrogen and oxygen atoms in total. The number of aryl methyl sites for hydroxylation is 2. The summed E-state index contributed by atoms with van der Waals surface area (Å²) in [4.78, 5) is 0. The van der Waals surface area contributed by atoms with Crippen molar-refractivity contribution in [1.29, 1.82) is 0 Å². The molecule has 0 aliphatic heterocycles. The summed E-state index contributed by atoms with van der Waals surface area (Å²) in [6.07, 6.45) is 0. The van der Waals surface area contributed by atoms with Gasteiger partial charge in [0.25, 0.3) is 0 Å². The van der Waals surface area contributed by atoms with Gasteiger partial charge < -0.3 is 10.1 Å². The molecule has 0 bridgehead atoms. The number of rotatable bonds is 5. The fourth-order valence-corrected chi connectivity index (χ4v) is 2.58. The summed E-state index contributed by atoms with van der Waals surface area (Å²) < 4.78 is 22.0. The number of ether oxygens (including phenoxy) is 1. The highest BCUT2D eigenvalue weighted by molar-refractivity contribution is 9.10. The number of nitrogens with one attached hydrogen (secondary N) is 1. The van der Waals surface area contributed by atoms with Gasteiger partial charge in [-0.05, 0) is 55.0 Å². The molecule has 2 aromatic rings. The Labute approximate surface area is 132 Å². The van der Waals surface area contributed by atoms with Gasteiger partial charge in [0, 0.05) is 18.7 Å². The Hall–Kier alpha value is -1.40. The van der Waals surface area contributed by atoms with Gasteiger partial charge in [-0.2, -0.15) is 5.10 Å². The van der Waals surface area contributed by atoms with Crippen molar-refractivity contribution in [2.75, 3.05) is 7.05 Å². The molecule has 1 unspecified atom stereocenters. The second-order valence-corrected chi connectivity index (χ2v) is 5.74. The number of hydrogen-bond acceptors (Lipinski definition) is 3. The number of benzene rings is 1. The fourth-order valence-electron chi connectivity index (χ4n) is 2.13. The number of hydrogen-bond donors (Lipinski definition) is 1. The van der Waals surface area contributed by atoms with Crippen LogP contribution in [0.4, 0.5) is 4.39 Å². The number of nitrogens with zero attached hydrogens (tertiary/aromatic N) is 2. The van der Waals surface area contributed by atoms with Crippen molar-refractivity contribution in [3.05, 3.63) is 45.4 Å². The van der Waals surface area contributed by atoms with Crippen molar-refractivity contribution in [3.63, 3.8) is 0 Å². The third-order valence-electron chi connectivity index (χ3n) is 3.50. The van der Waals surface area contributed by atoms with Crippen molar-refractivity contribution >= 4 is 15.9 Å². The zero-order valence-corrected chi connectivity index (χ0v) is 14.2. The van der Waals surface area contributed by atoms with Gasteiger partial charge in [-0.1, -0.05) is 0 Å². The van der Waals surface area contributed by atoms with Gasteiger partial charge in [0.1, 0.15) is 18.2 Å². The van der Waals surface area contributed by atoms with Gasteiger partial charge in [-0.15, -0.1) is 0 Å². The van der Waals surface area contributed by atoms with E-state index < -0.39 is 0 Å². The molecule has 1 N–H and O–H groups in total. The lowest BCUT2D eigenvalue weighted by Crippen LogP contribution is -2.14. The lowest BCUT2D eigenvalue weighted by molar-refractivity contribution is 0.288. The van der Waals surface area contributed by atoms with Gasteiger partial charge in [0.2, 0.25) is 0 Å². The first kappa shape index (κ1) is 16.0. The molecule has 0 saturated carbocycles. The topological polar surface area (TPSA) is 39.1 Å². The van der Waals surface area contributed by atoms with E-state index in [1.54, 1.807) is 10.7 Å². The Balaban J connectivity index is 2.24. The van der Waals surface area contributed by atoms with Crippen LogP contribution in [0.15, 0.2) is 22.7 Å². The van der Waals surface area contributed by atoms with Crippen LogP contribution >= 0.6 is 15.9 Å². The standard InChI is InChI=1S/C15H19BrFN3O/c1-9(18-3)12-7-11(17)5-6-14(12)21-8-13-15(16)10(2)19-20(13)4/h5-7,9,18H,8H2,1-4H3. The maximum absolute atomic E-state index is 13.4. The molecule has 0 fully saturated rings. The van der Waals surface area contributed by atoms with Crippen molar-refractivity contribution in [1.82, 2.24) is 15.1 Å². The normalized spacial score (nSPS) is 12.5. The van der Waals surface area contributed by atoms with E-state index in [4.69, 9.17) is 4.74 Å². The van der Waals surface area contributed by atoms with Gasteiger partial charge in [-0.25, -0.2) is 4.39 Å². The Bertz CT molecular complexity index is 642. The average Bonchev–Trinajstić information content (AvgIpc) is 2.70. The summed E-state index contributed by atoms with van der Waals surface area (Å²) in [5, 5.41) is 7.43. The maximum Gasteiger partial charge on any atom is 0.131 e. The zero-order chi connectivity index (χ0) is 15.6. The number of aromatic nitrogens is 2. The lowest BCUT2D eigenvalue weighted by atomic mass is 10.1. The molecule has 0 aliphatic rings. The summed E-state index contributed by atoms with van der Waals surface area (Å²) in [5.41, 5.74) is 2.66. The van der Waals surface area contributed by atoms with Crippen molar-refractivity contribution in [2.45, 2.75) is 26.5 Å². The van der Waals surface area contributed by atoms with Crippen LogP contribution in [-0.4, -0.2) is 16.8 Å². The van der Waals surface area contributed by atoms with E-state index in [1.165, 1.54) is 12.1 Å². The second-order valence-electron chi connectivity index (χ2n) is 4.95. The molecule has 0 saturated heterocycles. The molecule has 0 amide bonds. The molecular formula is C15H19BrFN3O. The molecule has 0 spiro atoms. The Kier molecular flexibility index (Phi) is 5.00. The molecule has 0 aliphatic carbocycles. The predicted molar refractivity (Wildman–Crippen MR) is 83.9 cm³/mol. The van der Waals surface area contributed by atoms with Gasteiger partial charge in [-0.3, -0.25) is 4.68 Å². The SMILES string of the molecule is CNC(C)c1cc(F)ccc1OCc1c(Br)c(C)nn1C. The third-order valence-corrected chi connectivity index (χ3v) is 4.53. The van der Waals surface area contributed by atoms with Crippen LogP contribution in [0.5, 0.6) is 5.75 Å². The number of halogens is 2. The molecule has 114 valence electrons. The Morgan fingerprint density at radius 1 is 1.48 bits per heavy atom. The quantitative estimate of drug-likeness (QED) is 0.892. The minimum Gasteiger partial charge on any atom is -0.487 e. The van der Waals surface area contributed by atoms with E-state index in [0.29, 0.717) is 12.4 Å². The first-order valence-electron chi connectivity index (χ1n) is 6.71. The van der Waals surface area contributed by atoms with Gasteiger partial charge in [0.05, 0.1) is 15.9 Å². The van der Waals surface area contributed by atoms with Crippen LogP contribution in [0.3, 0.4) is 0 Å². The van der Waals surface area contributed by atoms with Gasteiger partial charge >= 0.3 is 0 Å². The summed E-state index contributed by atoms with van der Waals surface area (Å²) in [5.74, 6) is 0.404. The summed E-state index contributed by atoms with van der Waals surface area (Å²) in [7, 11) is 3.71. The summed E-state index contributed by atoms with van der Waals surface area (Å²) in [6.45, 7) is 4.26. The van der Waals surface area contributed by atoms with Crippen LogP contribution in [0.2, 0.25) is 0 Å². The van der Waals surface area contributed by atoms with E-state index in [-0.39, 0.29) is 11.9 Å². The van der Waals surface area contributed by atoms with Crippen LogP contribution in [-0.2, 0) is 13.7 Å². The molecule has 1 heterocycles.